The van der Waals surface area contributed by atoms with Crippen LogP contribution in [0.25, 0.3) is 0 Å². The Balaban J connectivity index is 2.32. The topological polar surface area (TPSA) is 29.3 Å². The van der Waals surface area contributed by atoms with Crippen LogP contribution in [0.5, 0.6) is 0 Å². The van der Waals surface area contributed by atoms with Crippen molar-refractivity contribution in [2.75, 3.05) is 18.0 Å². The first-order valence-corrected chi connectivity index (χ1v) is 6.77. The van der Waals surface area contributed by atoms with Crippen LogP contribution in [-0.2, 0) is 0 Å². The fraction of sp³-hybridized carbons (Fsp3) is 0.600. The largest absolute Gasteiger partial charge is 0.371 e. The normalized spacial score (nSPS) is 26.2. The molecule has 2 unspecified atom stereocenters. The molecule has 0 spiro atoms. The number of anilines is 1. The average molecular weight is 250 g/mol. The fourth-order valence-corrected chi connectivity index (χ4v) is 3.04. The van der Waals surface area contributed by atoms with Crippen LogP contribution in [0, 0.1) is 17.7 Å². The molecular formula is C15H23FN2. The first kappa shape index (κ1) is 13.3. The van der Waals surface area contributed by atoms with E-state index in [4.69, 9.17) is 5.73 Å². The van der Waals surface area contributed by atoms with Gasteiger partial charge in [0.15, 0.2) is 0 Å². The second-order valence-electron chi connectivity index (χ2n) is 5.84. The maximum atomic E-state index is 13.4. The van der Waals surface area contributed by atoms with Crippen molar-refractivity contribution >= 4 is 5.69 Å². The van der Waals surface area contributed by atoms with E-state index in [1.807, 2.05) is 13.0 Å². The lowest BCUT2D eigenvalue weighted by Crippen LogP contribution is -2.39. The minimum Gasteiger partial charge on any atom is -0.371 e. The van der Waals surface area contributed by atoms with Crippen molar-refractivity contribution in [1.29, 1.82) is 0 Å². The summed E-state index contributed by atoms with van der Waals surface area (Å²) in [6.45, 7) is 8.54. The predicted octanol–water partition coefficient (Wildman–Crippen LogP) is 3.33. The van der Waals surface area contributed by atoms with Crippen LogP contribution in [-0.4, -0.2) is 13.1 Å². The molecule has 0 saturated carbocycles. The Morgan fingerprint density at radius 1 is 1.28 bits per heavy atom. The second-order valence-corrected chi connectivity index (χ2v) is 5.84. The molecule has 1 aromatic carbocycles. The molecule has 1 aromatic rings. The van der Waals surface area contributed by atoms with Crippen molar-refractivity contribution < 1.29 is 4.39 Å². The van der Waals surface area contributed by atoms with E-state index >= 15 is 0 Å². The van der Waals surface area contributed by atoms with E-state index in [2.05, 4.69) is 18.7 Å². The Bertz CT molecular complexity index is 407. The second kappa shape index (κ2) is 5.27. The van der Waals surface area contributed by atoms with Crippen LogP contribution in [0.4, 0.5) is 10.1 Å². The Kier molecular flexibility index (Phi) is 3.91. The minimum atomic E-state index is -0.204. The number of nitrogens with two attached hydrogens (primary N) is 1. The molecule has 2 nitrogen and oxygen atoms in total. The molecule has 2 N–H and O–H groups in total. The highest BCUT2D eigenvalue weighted by Crippen LogP contribution is 2.31. The summed E-state index contributed by atoms with van der Waals surface area (Å²) in [4.78, 5) is 2.36. The van der Waals surface area contributed by atoms with Crippen LogP contribution in [0.3, 0.4) is 0 Å². The molecule has 0 radical (unpaired) electrons. The highest BCUT2D eigenvalue weighted by Gasteiger charge is 2.24. The summed E-state index contributed by atoms with van der Waals surface area (Å²) in [6, 6.07) is 4.84. The first-order chi connectivity index (χ1) is 8.47. The van der Waals surface area contributed by atoms with Gasteiger partial charge in [-0.25, -0.2) is 4.39 Å². The zero-order valence-corrected chi connectivity index (χ0v) is 11.5. The molecule has 1 aliphatic rings. The summed E-state index contributed by atoms with van der Waals surface area (Å²) in [5.74, 6) is 1.16. The van der Waals surface area contributed by atoms with E-state index in [1.54, 1.807) is 6.07 Å². The molecule has 100 valence electrons. The third-order valence-corrected chi connectivity index (χ3v) is 3.69. The summed E-state index contributed by atoms with van der Waals surface area (Å²) in [5.41, 5.74) is 7.98. The van der Waals surface area contributed by atoms with Gasteiger partial charge in [-0.05, 0) is 48.9 Å². The van der Waals surface area contributed by atoms with Gasteiger partial charge in [0.25, 0.3) is 0 Å². The molecule has 0 aliphatic carbocycles. The van der Waals surface area contributed by atoms with Gasteiger partial charge in [0, 0.05) is 24.8 Å². The lowest BCUT2D eigenvalue weighted by atomic mass is 9.90. The van der Waals surface area contributed by atoms with Gasteiger partial charge in [0.2, 0.25) is 0 Å². The van der Waals surface area contributed by atoms with Crippen LogP contribution >= 0.6 is 0 Å². The summed E-state index contributed by atoms with van der Waals surface area (Å²) in [7, 11) is 0. The monoisotopic (exact) mass is 250 g/mol. The number of benzene rings is 1. The summed E-state index contributed by atoms with van der Waals surface area (Å²) in [6.07, 6.45) is 1.27. The van der Waals surface area contributed by atoms with Crippen molar-refractivity contribution in [3.05, 3.63) is 29.6 Å². The molecule has 1 fully saturated rings. The summed E-state index contributed by atoms with van der Waals surface area (Å²) < 4.78 is 13.4. The van der Waals surface area contributed by atoms with Gasteiger partial charge in [-0.2, -0.15) is 0 Å². The molecule has 1 aliphatic heterocycles. The number of halogens is 1. The van der Waals surface area contributed by atoms with Gasteiger partial charge in [-0.15, -0.1) is 0 Å². The van der Waals surface area contributed by atoms with E-state index in [0.717, 1.165) is 24.3 Å². The zero-order valence-electron chi connectivity index (χ0n) is 11.5. The van der Waals surface area contributed by atoms with Crippen LogP contribution < -0.4 is 10.6 Å². The molecule has 3 heteroatoms. The Morgan fingerprint density at radius 2 is 1.89 bits per heavy atom. The highest BCUT2D eigenvalue weighted by molar-refractivity contribution is 5.55. The smallest absolute Gasteiger partial charge is 0.123 e. The lowest BCUT2D eigenvalue weighted by Gasteiger charge is -2.38. The van der Waals surface area contributed by atoms with Crippen LogP contribution in [0.15, 0.2) is 18.2 Å². The predicted molar refractivity (Wildman–Crippen MR) is 74.2 cm³/mol. The van der Waals surface area contributed by atoms with E-state index in [0.29, 0.717) is 11.8 Å². The molecule has 1 heterocycles. The molecule has 2 rings (SSSR count). The van der Waals surface area contributed by atoms with Gasteiger partial charge in [0.1, 0.15) is 5.82 Å². The number of hydrogen-bond donors (Lipinski definition) is 1. The van der Waals surface area contributed by atoms with Gasteiger partial charge < -0.3 is 10.6 Å². The van der Waals surface area contributed by atoms with Crippen molar-refractivity contribution in [1.82, 2.24) is 0 Å². The number of nitrogens with zero attached hydrogens (tertiary/aromatic N) is 1. The lowest BCUT2D eigenvalue weighted by molar-refractivity contribution is 0.356. The average Bonchev–Trinajstić information content (AvgIpc) is 2.27. The fourth-order valence-electron chi connectivity index (χ4n) is 3.04. The third kappa shape index (κ3) is 2.83. The highest BCUT2D eigenvalue weighted by atomic mass is 19.1. The number of rotatable bonds is 2. The third-order valence-electron chi connectivity index (χ3n) is 3.69. The number of hydrogen-bond acceptors (Lipinski definition) is 2. The first-order valence-electron chi connectivity index (χ1n) is 6.77. The zero-order chi connectivity index (χ0) is 13.3. The maximum absolute atomic E-state index is 13.4. The van der Waals surface area contributed by atoms with Gasteiger partial charge in [0.05, 0.1) is 0 Å². The molecular weight excluding hydrogens is 227 g/mol. The summed E-state index contributed by atoms with van der Waals surface area (Å²) >= 11 is 0. The Labute approximate surface area is 109 Å². The number of piperidine rings is 1. The van der Waals surface area contributed by atoms with Gasteiger partial charge in [-0.3, -0.25) is 0 Å². The molecule has 0 aromatic heterocycles. The molecule has 1 saturated heterocycles. The van der Waals surface area contributed by atoms with E-state index < -0.39 is 0 Å². The Hall–Kier alpha value is -1.09. The van der Waals surface area contributed by atoms with Crippen molar-refractivity contribution in [2.24, 2.45) is 17.6 Å². The Morgan fingerprint density at radius 3 is 2.44 bits per heavy atom. The molecule has 18 heavy (non-hydrogen) atoms. The standard InChI is InChI=1S/C15H23FN2/c1-10-6-11(2)9-18(8-10)15-5-4-13(16)7-14(15)12(3)17/h4-5,7,10-12H,6,8-9,17H2,1-3H3/t10?,11?,12-/m0/s1. The van der Waals surface area contributed by atoms with Crippen molar-refractivity contribution in [2.45, 2.75) is 33.2 Å². The van der Waals surface area contributed by atoms with E-state index in [1.165, 1.54) is 12.5 Å². The maximum Gasteiger partial charge on any atom is 0.123 e. The van der Waals surface area contributed by atoms with Crippen molar-refractivity contribution in [3.8, 4) is 0 Å². The van der Waals surface area contributed by atoms with E-state index in [-0.39, 0.29) is 11.9 Å². The molecule has 0 bridgehead atoms. The minimum absolute atomic E-state index is 0.136. The van der Waals surface area contributed by atoms with Crippen molar-refractivity contribution in [3.63, 3.8) is 0 Å². The molecule has 3 atom stereocenters. The molecule has 0 amide bonds. The van der Waals surface area contributed by atoms with Gasteiger partial charge in [-0.1, -0.05) is 13.8 Å². The van der Waals surface area contributed by atoms with Crippen LogP contribution in [0.1, 0.15) is 38.8 Å². The SMILES string of the molecule is CC1CC(C)CN(c2ccc(F)cc2[C@H](C)N)C1. The van der Waals surface area contributed by atoms with E-state index in [9.17, 15) is 4.39 Å². The summed E-state index contributed by atoms with van der Waals surface area (Å²) in [5, 5.41) is 0. The van der Waals surface area contributed by atoms with Crippen LogP contribution in [0.2, 0.25) is 0 Å². The quantitative estimate of drug-likeness (QED) is 0.872. The van der Waals surface area contributed by atoms with Gasteiger partial charge >= 0.3 is 0 Å².